The number of rotatable bonds is 4. The predicted molar refractivity (Wildman–Crippen MR) is 90.4 cm³/mol. The molecule has 0 bridgehead atoms. The number of anilines is 1. The summed E-state index contributed by atoms with van der Waals surface area (Å²) in [5.41, 5.74) is 2.65. The molecule has 2 aromatic carbocycles. The van der Waals surface area contributed by atoms with E-state index in [0.717, 1.165) is 11.1 Å². The van der Waals surface area contributed by atoms with Gasteiger partial charge in [0, 0.05) is 18.7 Å². The summed E-state index contributed by atoms with van der Waals surface area (Å²) in [6.07, 6.45) is 0.0222. The van der Waals surface area contributed by atoms with Crippen molar-refractivity contribution in [3.05, 3.63) is 63.7 Å². The number of fused-ring (bicyclic) bond motifs is 1. The summed E-state index contributed by atoms with van der Waals surface area (Å²) >= 11 is 0. The van der Waals surface area contributed by atoms with Crippen LogP contribution in [0.5, 0.6) is 5.75 Å². The lowest BCUT2D eigenvalue weighted by Gasteiger charge is -2.22. The van der Waals surface area contributed by atoms with Gasteiger partial charge < -0.3 is 9.64 Å². The summed E-state index contributed by atoms with van der Waals surface area (Å²) in [5, 5.41) is 11.0. The molecule has 0 aliphatic carbocycles. The van der Waals surface area contributed by atoms with E-state index >= 15 is 0 Å². The molecule has 1 heterocycles. The molecule has 1 aliphatic heterocycles. The van der Waals surface area contributed by atoms with Gasteiger partial charge in [-0.25, -0.2) is 0 Å². The van der Waals surface area contributed by atoms with Crippen molar-refractivity contribution in [3.63, 3.8) is 0 Å². The zero-order chi connectivity index (χ0) is 17.3. The van der Waals surface area contributed by atoms with Gasteiger partial charge in [-0.2, -0.15) is 0 Å². The maximum atomic E-state index is 12.7. The van der Waals surface area contributed by atoms with Gasteiger partial charge in [0.05, 0.1) is 10.6 Å². The largest absolute Gasteiger partial charge is 0.481 e. The fourth-order valence-corrected chi connectivity index (χ4v) is 2.80. The predicted octanol–water partition coefficient (Wildman–Crippen LogP) is 3.26. The van der Waals surface area contributed by atoms with E-state index in [4.69, 9.17) is 4.74 Å². The Morgan fingerprint density at radius 3 is 2.62 bits per heavy atom. The number of hydrogen-bond donors (Lipinski definition) is 0. The zero-order valence-electron chi connectivity index (χ0n) is 13.6. The van der Waals surface area contributed by atoms with Crippen LogP contribution in [0.25, 0.3) is 0 Å². The van der Waals surface area contributed by atoms with Gasteiger partial charge in [0.15, 0.2) is 6.10 Å². The second kappa shape index (κ2) is 6.31. The monoisotopic (exact) mass is 326 g/mol. The van der Waals surface area contributed by atoms with Crippen LogP contribution in [0.2, 0.25) is 0 Å². The van der Waals surface area contributed by atoms with Crippen molar-refractivity contribution in [3.8, 4) is 5.75 Å². The molecule has 0 saturated carbocycles. The molecule has 0 aromatic heterocycles. The third-order valence-electron chi connectivity index (χ3n) is 4.12. The number of nitro benzene ring substituents is 1. The number of carbonyl (C=O) groups excluding carboxylic acids is 1. The van der Waals surface area contributed by atoms with Crippen molar-refractivity contribution in [1.29, 1.82) is 0 Å². The molecule has 0 saturated heterocycles. The number of carbonyl (C=O) groups is 1. The number of ether oxygens (including phenoxy) is 1. The maximum Gasteiger partial charge on any atom is 0.271 e. The minimum absolute atomic E-state index is 0.0134. The highest BCUT2D eigenvalue weighted by Gasteiger charge is 2.30. The number of aryl methyl sites for hydroxylation is 1. The smallest absolute Gasteiger partial charge is 0.271 e. The summed E-state index contributed by atoms with van der Waals surface area (Å²) in [6, 6.07) is 12.1. The number of nitrogens with zero attached hydrogens (tertiary/aromatic N) is 2. The molecule has 1 amide bonds. The van der Waals surface area contributed by atoms with E-state index in [-0.39, 0.29) is 11.6 Å². The van der Waals surface area contributed by atoms with Gasteiger partial charge >= 0.3 is 0 Å². The number of nitro groups is 1. The van der Waals surface area contributed by atoms with Gasteiger partial charge in [-0.05, 0) is 38.0 Å². The zero-order valence-corrected chi connectivity index (χ0v) is 13.6. The van der Waals surface area contributed by atoms with E-state index in [9.17, 15) is 14.9 Å². The van der Waals surface area contributed by atoms with Gasteiger partial charge in [-0.1, -0.05) is 23.8 Å². The lowest BCUT2D eigenvalue weighted by molar-refractivity contribution is -0.384. The van der Waals surface area contributed by atoms with E-state index in [2.05, 4.69) is 0 Å². The molecule has 0 radical (unpaired) electrons. The first-order valence-corrected chi connectivity index (χ1v) is 7.78. The van der Waals surface area contributed by atoms with Crippen LogP contribution in [-0.2, 0) is 11.2 Å². The Morgan fingerprint density at radius 1 is 1.25 bits per heavy atom. The number of amides is 1. The highest BCUT2D eigenvalue weighted by molar-refractivity contribution is 5.98. The molecule has 24 heavy (non-hydrogen) atoms. The molecule has 6 nitrogen and oxygen atoms in total. The molecule has 124 valence electrons. The van der Waals surface area contributed by atoms with E-state index in [1.54, 1.807) is 17.9 Å². The van der Waals surface area contributed by atoms with Crippen molar-refractivity contribution < 1.29 is 14.5 Å². The van der Waals surface area contributed by atoms with Crippen molar-refractivity contribution in [2.45, 2.75) is 26.4 Å². The molecule has 0 fully saturated rings. The van der Waals surface area contributed by atoms with Crippen LogP contribution in [0.1, 0.15) is 18.1 Å². The van der Waals surface area contributed by atoms with Crippen molar-refractivity contribution in [2.75, 3.05) is 11.4 Å². The second-order valence-electron chi connectivity index (χ2n) is 5.88. The molecule has 1 unspecified atom stereocenters. The number of hydrogen-bond acceptors (Lipinski definition) is 4. The molecule has 3 rings (SSSR count). The quantitative estimate of drug-likeness (QED) is 0.638. The van der Waals surface area contributed by atoms with Crippen LogP contribution >= 0.6 is 0 Å². The Bertz CT molecular complexity index is 786. The van der Waals surface area contributed by atoms with E-state index in [1.807, 2.05) is 31.2 Å². The Hall–Kier alpha value is -2.89. The molecule has 1 atom stereocenters. The van der Waals surface area contributed by atoms with Crippen LogP contribution in [0.15, 0.2) is 42.5 Å². The number of non-ortho nitro benzene ring substituents is 1. The van der Waals surface area contributed by atoms with Gasteiger partial charge in [0.2, 0.25) is 0 Å². The third kappa shape index (κ3) is 3.08. The summed E-state index contributed by atoms with van der Waals surface area (Å²) in [4.78, 5) is 24.8. The van der Waals surface area contributed by atoms with Gasteiger partial charge in [0.25, 0.3) is 11.6 Å². The van der Waals surface area contributed by atoms with E-state index < -0.39 is 11.0 Å². The van der Waals surface area contributed by atoms with Crippen LogP contribution < -0.4 is 9.64 Å². The van der Waals surface area contributed by atoms with Crippen molar-refractivity contribution in [2.24, 2.45) is 0 Å². The third-order valence-corrected chi connectivity index (χ3v) is 4.12. The molecular weight excluding hydrogens is 308 g/mol. The summed E-state index contributed by atoms with van der Waals surface area (Å²) in [6.45, 7) is 4.18. The van der Waals surface area contributed by atoms with Crippen LogP contribution in [-0.4, -0.2) is 23.5 Å². The second-order valence-corrected chi connectivity index (χ2v) is 5.88. The van der Waals surface area contributed by atoms with E-state index in [1.165, 1.54) is 12.1 Å². The Balaban J connectivity index is 1.78. The fourth-order valence-electron chi connectivity index (χ4n) is 2.80. The highest BCUT2D eigenvalue weighted by atomic mass is 16.6. The SMILES string of the molecule is Cc1ccc(OC(C)C(=O)N2CCc3ccc([N+](=O)[O-])cc32)cc1. The molecular formula is C18H18N2O4. The lowest BCUT2D eigenvalue weighted by atomic mass is 10.1. The summed E-state index contributed by atoms with van der Waals surface area (Å²) in [5.74, 6) is 0.426. The average Bonchev–Trinajstić information content (AvgIpc) is 2.99. The fraction of sp³-hybridized carbons (Fsp3) is 0.278. The van der Waals surface area contributed by atoms with E-state index in [0.29, 0.717) is 24.4 Å². The van der Waals surface area contributed by atoms with Crippen LogP contribution in [0, 0.1) is 17.0 Å². The normalized spacial score (nSPS) is 14.2. The van der Waals surface area contributed by atoms with Gasteiger partial charge in [-0.15, -0.1) is 0 Å². The molecule has 6 heteroatoms. The van der Waals surface area contributed by atoms with Crippen LogP contribution in [0.3, 0.4) is 0 Å². The Kier molecular flexibility index (Phi) is 4.20. The Morgan fingerprint density at radius 2 is 1.96 bits per heavy atom. The minimum Gasteiger partial charge on any atom is -0.481 e. The number of benzene rings is 2. The first kappa shape index (κ1) is 16.0. The van der Waals surface area contributed by atoms with Crippen LogP contribution in [0.4, 0.5) is 11.4 Å². The first-order valence-electron chi connectivity index (χ1n) is 7.78. The van der Waals surface area contributed by atoms with Gasteiger partial charge in [-0.3, -0.25) is 14.9 Å². The standard InChI is InChI=1S/C18H18N2O4/c1-12-3-7-16(8-4-12)24-13(2)18(21)19-10-9-14-5-6-15(20(22)23)11-17(14)19/h3-8,11,13H,9-10H2,1-2H3. The topological polar surface area (TPSA) is 72.7 Å². The first-order chi connectivity index (χ1) is 11.5. The van der Waals surface area contributed by atoms with Crippen molar-refractivity contribution in [1.82, 2.24) is 0 Å². The minimum atomic E-state index is -0.669. The Labute approximate surface area is 139 Å². The summed E-state index contributed by atoms with van der Waals surface area (Å²) < 4.78 is 5.71. The molecule has 0 spiro atoms. The van der Waals surface area contributed by atoms with Crippen molar-refractivity contribution >= 4 is 17.3 Å². The molecule has 2 aromatic rings. The maximum absolute atomic E-state index is 12.7. The molecule has 1 aliphatic rings. The highest BCUT2D eigenvalue weighted by Crippen LogP contribution is 2.32. The molecule has 0 N–H and O–H groups in total. The summed E-state index contributed by atoms with van der Waals surface area (Å²) in [7, 11) is 0. The lowest BCUT2D eigenvalue weighted by Crippen LogP contribution is -2.39. The average molecular weight is 326 g/mol. The van der Waals surface area contributed by atoms with Gasteiger partial charge in [0.1, 0.15) is 5.75 Å².